The lowest BCUT2D eigenvalue weighted by Gasteiger charge is -2.28. The zero-order chi connectivity index (χ0) is 58.1. The van der Waals surface area contributed by atoms with Crippen LogP contribution in [0.25, 0.3) is 0 Å². The summed E-state index contributed by atoms with van der Waals surface area (Å²) in [5, 5.41) is 28.2. The molecule has 0 heterocycles. The van der Waals surface area contributed by atoms with E-state index in [2.05, 4.69) is 47.2 Å². The van der Waals surface area contributed by atoms with Crippen molar-refractivity contribution in [3.63, 3.8) is 0 Å². The minimum absolute atomic E-state index is 0.000425. The Morgan fingerprint density at radius 1 is 0.338 bits per heavy atom. The maximum atomic E-state index is 14.4. The van der Waals surface area contributed by atoms with Crippen LogP contribution < -0.4 is 100 Å². The zero-order valence-electron chi connectivity index (χ0n) is 44.8. The Morgan fingerprint density at radius 2 is 0.584 bits per heavy atom. The molecule has 0 aliphatic heterocycles. The fourth-order valence-electron chi connectivity index (χ4n) is 7.69. The molecule has 0 bridgehead atoms. The van der Waals surface area contributed by atoms with E-state index in [1.54, 1.807) is 0 Å². The highest BCUT2D eigenvalue weighted by atomic mass is 16.4. The molecule has 0 fully saturated rings. The lowest BCUT2D eigenvalue weighted by atomic mass is 10.0. The van der Waals surface area contributed by atoms with Crippen LogP contribution in [0.1, 0.15) is 135 Å². The number of nitrogens with two attached hydrogens (primary N) is 11. The summed E-state index contributed by atoms with van der Waals surface area (Å²) < 4.78 is 0. The molecule has 30 heteroatoms. The predicted octanol–water partition coefficient (Wildman–Crippen LogP) is -6.19. The van der Waals surface area contributed by atoms with E-state index in [0.717, 1.165) is 0 Å². The van der Waals surface area contributed by atoms with Gasteiger partial charge in [-0.25, -0.2) is 4.79 Å². The lowest BCUT2D eigenvalue weighted by Crippen LogP contribution is -2.60. The molecule has 30 N–H and O–H groups in total. The summed E-state index contributed by atoms with van der Waals surface area (Å²) in [7, 11) is 0. The molecule has 77 heavy (non-hydrogen) atoms. The standard InChI is InChI=1S/C47H94N20O10/c48-22-6-1-13-29(53)38(69)61-30(14-2-7-23-49)39(70)66-35(20-21-37(54)68)44(75)63-32(16-4-9-25-51)40(71)62-31(15-3-8-24-50)41(72)64-33(18-11-27-59-46(55)56)42(73)65-34(19-12-28-60-47(57)58)43(74)67-36(45(76)77)17-5-10-26-52/h29-36H,1-28,48-53H2,(H2,54,68)(H,61,69)(H,62,71)(H,63,75)(H,64,72)(H,65,73)(H,66,70)(H,67,74)(H,76,77)(H4,55,56,59)(H4,57,58,60)/t29-,30-,31-,32-,33-,34-,35-,36-/m0/s1. The first-order valence-corrected chi connectivity index (χ1v) is 26.7. The number of hydrogen-bond donors (Lipinski definition) is 19. The van der Waals surface area contributed by atoms with Crippen LogP contribution in [-0.2, 0) is 43.2 Å². The molecule has 0 saturated carbocycles. The van der Waals surface area contributed by atoms with Crippen molar-refractivity contribution < 1.29 is 48.3 Å². The molecule has 0 aromatic carbocycles. The molecule has 442 valence electrons. The van der Waals surface area contributed by atoms with Gasteiger partial charge in [-0.2, -0.15) is 0 Å². The Morgan fingerprint density at radius 3 is 0.857 bits per heavy atom. The first-order valence-electron chi connectivity index (χ1n) is 26.7. The quantitative estimate of drug-likeness (QED) is 0.0153. The average molecular weight is 1100 g/mol. The SMILES string of the molecule is NCCCC[C@H](NC(=O)[C@H](CCCN=C(N)N)NC(=O)[C@H](CCCN=C(N)N)NC(=O)[C@H](CCCCN)NC(=O)[C@H](CCCCN)NC(=O)[C@H](CCC(N)=O)NC(=O)[C@H](CCCCN)NC(=O)[C@@H](N)CCCCN)C(=O)O. The number of nitrogens with one attached hydrogen (secondary N) is 7. The van der Waals surface area contributed by atoms with Gasteiger partial charge in [-0.3, -0.25) is 48.3 Å². The van der Waals surface area contributed by atoms with Crippen LogP contribution in [0.2, 0.25) is 0 Å². The zero-order valence-corrected chi connectivity index (χ0v) is 44.8. The summed E-state index contributed by atoms with van der Waals surface area (Å²) in [6, 6.07) is -10.3. The van der Waals surface area contributed by atoms with Gasteiger partial charge in [0.15, 0.2) is 11.9 Å². The van der Waals surface area contributed by atoms with Gasteiger partial charge < -0.3 is 105 Å². The summed E-state index contributed by atoms with van der Waals surface area (Å²) in [4.78, 5) is 130. The van der Waals surface area contributed by atoms with Crippen molar-refractivity contribution in [3.05, 3.63) is 0 Å². The Bertz CT molecular complexity index is 1850. The summed E-state index contributed by atoms with van der Waals surface area (Å²) in [6.45, 7) is 1.58. The van der Waals surface area contributed by atoms with E-state index in [9.17, 15) is 48.3 Å². The number of nitrogens with zero attached hydrogens (tertiary/aromatic N) is 2. The second kappa shape index (κ2) is 42.6. The number of aliphatic carboxylic acids is 1. The second-order valence-corrected chi connectivity index (χ2v) is 18.7. The molecule has 0 aromatic heterocycles. The van der Waals surface area contributed by atoms with Crippen molar-refractivity contribution in [1.82, 2.24) is 37.2 Å². The number of amides is 8. The molecule has 0 radical (unpaired) electrons. The number of carboxylic acid groups (broad SMARTS) is 1. The molecule has 0 aliphatic rings. The van der Waals surface area contributed by atoms with Crippen LogP contribution in [0.4, 0.5) is 0 Å². The van der Waals surface area contributed by atoms with E-state index in [4.69, 9.17) is 63.1 Å². The van der Waals surface area contributed by atoms with Gasteiger partial charge in [0.2, 0.25) is 47.3 Å². The number of aliphatic imine (C=N–C) groups is 2. The number of carbonyl (C=O) groups is 9. The first kappa shape index (κ1) is 70.5. The first-order chi connectivity index (χ1) is 36.6. The lowest BCUT2D eigenvalue weighted by molar-refractivity contribution is -0.142. The predicted molar refractivity (Wildman–Crippen MR) is 292 cm³/mol. The smallest absolute Gasteiger partial charge is 0.326 e. The largest absolute Gasteiger partial charge is 0.480 e. The Balaban J connectivity index is 6.98. The highest BCUT2D eigenvalue weighted by molar-refractivity contribution is 5.97. The highest BCUT2D eigenvalue weighted by Gasteiger charge is 2.34. The third kappa shape index (κ3) is 33.3. The van der Waals surface area contributed by atoms with Gasteiger partial charge in [0.25, 0.3) is 0 Å². The second-order valence-electron chi connectivity index (χ2n) is 18.7. The van der Waals surface area contributed by atoms with Crippen LogP contribution in [0.5, 0.6) is 0 Å². The van der Waals surface area contributed by atoms with E-state index < -0.39 is 102 Å². The van der Waals surface area contributed by atoms with Gasteiger partial charge in [0, 0.05) is 19.5 Å². The Labute approximate surface area is 451 Å². The van der Waals surface area contributed by atoms with E-state index in [1.165, 1.54) is 0 Å². The van der Waals surface area contributed by atoms with Crippen molar-refractivity contribution in [2.24, 2.45) is 73.1 Å². The van der Waals surface area contributed by atoms with E-state index >= 15 is 0 Å². The van der Waals surface area contributed by atoms with Gasteiger partial charge in [-0.1, -0.05) is 6.42 Å². The number of hydrogen-bond acceptors (Lipinski definition) is 17. The average Bonchev–Trinajstić information content (AvgIpc) is 3.37. The van der Waals surface area contributed by atoms with E-state index in [1.807, 2.05) is 0 Å². The van der Waals surface area contributed by atoms with Crippen LogP contribution >= 0.6 is 0 Å². The van der Waals surface area contributed by atoms with Crippen LogP contribution in [0.15, 0.2) is 9.98 Å². The van der Waals surface area contributed by atoms with Crippen molar-refractivity contribution >= 4 is 65.1 Å². The topological polar surface area (TPSA) is 569 Å². The number of primary amides is 1. The fraction of sp³-hybridized carbons (Fsp3) is 0.766. The highest BCUT2D eigenvalue weighted by Crippen LogP contribution is 2.12. The summed E-state index contributed by atoms with van der Waals surface area (Å²) in [6.07, 6.45) is 4.53. The molecule has 0 rings (SSSR count). The van der Waals surface area contributed by atoms with E-state index in [-0.39, 0.29) is 102 Å². The van der Waals surface area contributed by atoms with Crippen LogP contribution in [0.3, 0.4) is 0 Å². The van der Waals surface area contributed by atoms with Crippen LogP contribution in [0, 0.1) is 0 Å². The maximum Gasteiger partial charge on any atom is 0.326 e. The number of unbranched alkanes of at least 4 members (excludes halogenated alkanes) is 5. The van der Waals surface area contributed by atoms with Crippen molar-refractivity contribution in [3.8, 4) is 0 Å². The maximum absolute atomic E-state index is 14.4. The number of rotatable bonds is 46. The van der Waals surface area contributed by atoms with Crippen molar-refractivity contribution in [2.45, 2.75) is 183 Å². The summed E-state index contributed by atoms with van der Waals surface area (Å²) in [5.41, 5.74) is 61.9. The van der Waals surface area contributed by atoms with Gasteiger partial charge in [0.1, 0.15) is 42.3 Å². The van der Waals surface area contributed by atoms with Crippen LogP contribution in [-0.4, -0.2) is 164 Å². The van der Waals surface area contributed by atoms with Crippen molar-refractivity contribution in [1.29, 1.82) is 0 Å². The monoisotopic (exact) mass is 1100 g/mol. The molecule has 0 aromatic rings. The van der Waals surface area contributed by atoms with E-state index in [0.29, 0.717) is 90.3 Å². The minimum atomic E-state index is -1.45. The van der Waals surface area contributed by atoms with Gasteiger partial charge >= 0.3 is 5.97 Å². The molecule has 0 saturated heterocycles. The summed E-state index contributed by atoms with van der Waals surface area (Å²) >= 11 is 0. The summed E-state index contributed by atoms with van der Waals surface area (Å²) in [5.74, 6) is -8.15. The Hall–Kier alpha value is -6.47. The molecule has 8 atom stereocenters. The number of guanidine groups is 2. The number of carbonyl (C=O) groups excluding carboxylic acids is 8. The third-order valence-electron chi connectivity index (χ3n) is 12.1. The fourth-order valence-corrected chi connectivity index (χ4v) is 7.69. The third-order valence-corrected chi connectivity index (χ3v) is 12.1. The van der Waals surface area contributed by atoms with Gasteiger partial charge in [-0.15, -0.1) is 0 Å². The molecule has 0 unspecified atom stereocenters. The molecular weight excluding hydrogens is 1000 g/mol. The Kier molecular flexibility index (Phi) is 39.0. The normalized spacial score (nSPS) is 14.1. The van der Waals surface area contributed by atoms with Crippen molar-refractivity contribution in [2.75, 3.05) is 45.8 Å². The molecule has 8 amide bonds. The molecule has 0 spiro atoms. The minimum Gasteiger partial charge on any atom is -0.480 e. The van der Waals surface area contributed by atoms with Gasteiger partial charge in [0.05, 0.1) is 6.04 Å². The number of carboxylic acids is 1. The molecule has 30 nitrogen and oxygen atoms in total. The molecule has 0 aliphatic carbocycles. The van der Waals surface area contributed by atoms with Gasteiger partial charge in [-0.05, 0) is 155 Å². The molecular formula is C47H94N20O10.